The third-order valence-corrected chi connectivity index (χ3v) is 6.99. The molecule has 7 nitrogen and oxygen atoms in total. The van der Waals surface area contributed by atoms with E-state index in [9.17, 15) is 10.1 Å². The highest BCUT2D eigenvalue weighted by atomic mass is 16.6. The number of benzene rings is 2. The zero-order chi connectivity index (χ0) is 25.4. The molecule has 2 aromatic rings. The Morgan fingerprint density at radius 2 is 1.17 bits per heavy atom. The molecule has 0 saturated heterocycles. The monoisotopic (exact) mass is 483 g/mol. The van der Waals surface area contributed by atoms with Crippen molar-refractivity contribution in [1.82, 2.24) is 0 Å². The summed E-state index contributed by atoms with van der Waals surface area (Å²) in [4.78, 5) is 10.3. The van der Waals surface area contributed by atoms with Crippen LogP contribution in [0.25, 0.3) is 0 Å². The van der Waals surface area contributed by atoms with E-state index in [4.69, 9.17) is 4.74 Å². The Morgan fingerprint density at radius 1 is 0.714 bits per heavy atom. The fourth-order valence-corrected chi connectivity index (χ4v) is 4.31. The molecule has 0 spiro atoms. The fourth-order valence-electron chi connectivity index (χ4n) is 4.31. The van der Waals surface area contributed by atoms with Crippen molar-refractivity contribution >= 4 is 17.1 Å². The van der Waals surface area contributed by atoms with Crippen molar-refractivity contribution < 1.29 is 14.1 Å². The van der Waals surface area contributed by atoms with Gasteiger partial charge in [0.15, 0.2) is 0 Å². The van der Waals surface area contributed by atoms with Gasteiger partial charge in [0.25, 0.3) is 5.69 Å². The summed E-state index contributed by atoms with van der Waals surface area (Å²) in [6, 6.07) is 13.5. The summed E-state index contributed by atoms with van der Waals surface area (Å²) in [7, 11) is 0. The number of quaternary nitrogens is 1. The van der Waals surface area contributed by atoms with Crippen LogP contribution in [0, 0.1) is 10.1 Å². The molecular weight excluding hydrogens is 440 g/mol. The van der Waals surface area contributed by atoms with E-state index in [1.165, 1.54) is 87.7 Å². The molecule has 0 aliphatic rings. The van der Waals surface area contributed by atoms with Gasteiger partial charge in [0.05, 0.1) is 49.1 Å². The first kappa shape index (κ1) is 28.4. The molecule has 192 valence electrons. The lowest BCUT2D eigenvalue weighted by Gasteiger charge is -2.35. The van der Waals surface area contributed by atoms with Gasteiger partial charge in [0.2, 0.25) is 0 Å². The number of unbranched alkanes of at least 4 members (excludes halogenated alkanes) is 7. The van der Waals surface area contributed by atoms with E-state index < -0.39 is 4.92 Å². The molecule has 0 N–H and O–H groups in total. The number of non-ortho nitro benzene ring substituents is 1. The lowest BCUT2D eigenvalue weighted by atomic mass is 10.1. The number of ether oxygens (including phenoxy) is 1. The third kappa shape index (κ3) is 10.6. The Bertz CT molecular complexity index is 870. The van der Waals surface area contributed by atoms with Gasteiger partial charge < -0.3 is 9.22 Å². The highest BCUT2D eigenvalue weighted by molar-refractivity contribution is 5.45. The van der Waals surface area contributed by atoms with Gasteiger partial charge in [-0.25, -0.2) is 0 Å². The molecule has 0 aliphatic heterocycles. The Labute approximate surface area is 211 Å². The molecule has 0 atom stereocenters. The molecule has 7 heteroatoms. The standard InChI is InChI=1S/C28H43N4O3/c1-4-32(5-2,6-3)23-13-11-9-7-8-10-12-14-24-35-28-21-17-26(18-22-28)30-29-25-15-19-27(20-16-25)31(33)34/h15-22H,4-14,23-24H2,1-3H3/q+1. The topological polar surface area (TPSA) is 77.1 Å². The number of nitro benzene ring substituents is 1. The quantitative estimate of drug-likeness (QED) is 0.0702. The van der Waals surface area contributed by atoms with Crippen LogP contribution in [-0.4, -0.2) is 42.2 Å². The highest BCUT2D eigenvalue weighted by Crippen LogP contribution is 2.23. The van der Waals surface area contributed by atoms with E-state index in [1.807, 2.05) is 24.3 Å². The van der Waals surface area contributed by atoms with Gasteiger partial charge in [0, 0.05) is 12.1 Å². The van der Waals surface area contributed by atoms with Crippen LogP contribution in [0.2, 0.25) is 0 Å². The maximum atomic E-state index is 10.7. The second-order valence-electron chi connectivity index (χ2n) is 9.16. The van der Waals surface area contributed by atoms with Crippen LogP contribution < -0.4 is 4.74 Å². The number of nitro groups is 1. The zero-order valence-corrected chi connectivity index (χ0v) is 21.8. The summed E-state index contributed by atoms with van der Waals surface area (Å²) in [5.41, 5.74) is 1.32. The second kappa shape index (κ2) is 16.0. The number of hydrogen-bond donors (Lipinski definition) is 0. The van der Waals surface area contributed by atoms with Crippen molar-refractivity contribution in [3.8, 4) is 5.75 Å². The van der Waals surface area contributed by atoms with Crippen LogP contribution in [0.4, 0.5) is 17.1 Å². The zero-order valence-electron chi connectivity index (χ0n) is 21.8. The maximum absolute atomic E-state index is 10.7. The van der Waals surface area contributed by atoms with Crippen LogP contribution in [0.1, 0.15) is 72.1 Å². The van der Waals surface area contributed by atoms with E-state index in [0.29, 0.717) is 11.4 Å². The summed E-state index contributed by atoms with van der Waals surface area (Å²) in [5.74, 6) is 0.833. The molecule has 35 heavy (non-hydrogen) atoms. The predicted octanol–water partition coefficient (Wildman–Crippen LogP) is 8.39. The van der Waals surface area contributed by atoms with Crippen LogP contribution in [-0.2, 0) is 0 Å². The van der Waals surface area contributed by atoms with E-state index in [2.05, 4.69) is 31.0 Å². The average molecular weight is 484 g/mol. The molecule has 2 aromatic carbocycles. The van der Waals surface area contributed by atoms with E-state index in [0.717, 1.165) is 18.8 Å². The lowest BCUT2D eigenvalue weighted by molar-refractivity contribution is -0.923. The van der Waals surface area contributed by atoms with Crippen molar-refractivity contribution in [2.75, 3.05) is 32.8 Å². The molecule has 0 saturated carbocycles. The van der Waals surface area contributed by atoms with Crippen LogP contribution >= 0.6 is 0 Å². The van der Waals surface area contributed by atoms with Gasteiger partial charge in [-0.2, -0.15) is 10.2 Å². The molecule has 0 heterocycles. The molecule has 0 aliphatic carbocycles. The van der Waals surface area contributed by atoms with Crippen LogP contribution in [0.3, 0.4) is 0 Å². The number of hydrogen-bond acceptors (Lipinski definition) is 5. The Hall–Kier alpha value is -2.80. The molecular formula is C28H43N4O3+. The van der Waals surface area contributed by atoms with Crippen molar-refractivity contribution in [3.63, 3.8) is 0 Å². The first-order chi connectivity index (χ1) is 17.0. The second-order valence-corrected chi connectivity index (χ2v) is 9.16. The van der Waals surface area contributed by atoms with Crippen molar-refractivity contribution in [2.45, 2.75) is 72.1 Å². The largest absolute Gasteiger partial charge is 0.494 e. The van der Waals surface area contributed by atoms with E-state index in [1.54, 1.807) is 12.1 Å². The molecule has 0 radical (unpaired) electrons. The van der Waals surface area contributed by atoms with Gasteiger partial charge in [0.1, 0.15) is 5.75 Å². The lowest BCUT2D eigenvalue weighted by Crippen LogP contribution is -2.48. The van der Waals surface area contributed by atoms with E-state index in [-0.39, 0.29) is 5.69 Å². The summed E-state index contributed by atoms with van der Waals surface area (Å²) in [6.07, 6.45) is 10.3. The minimum atomic E-state index is -0.433. The first-order valence-corrected chi connectivity index (χ1v) is 13.3. The van der Waals surface area contributed by atoms with Crippen LogP contribution in [0.5, 0.6) is 5.75 Å². The van der Waals surface area contributed by atoms with Crippen molar-refractivity contribution in [2.24, 2.45) is 10.2 Å². The molecule has 0 unspecified atom stereocenters. The molecule has 2 rings (SSSR count). The maximum Gasteiger partial charge on any atom is 0.269 e. The Morgan fingerprint density at radius 3 is 1.66 bits per heavy atom. The highest BCUT2D eigenvalue weighted by Gasteiger charge is 2.19. The normalized spacial score (nSPS) is 11.7. The Balaban J connectivity index is 1.53. The third-order valence-electron chi connectivity index (χ3n) is 6.99. The van der Waals surface area contributed by atoms with Crippen molar-refractivity contribution in [3.05, 3.63) is 58.6 Å². The number of azo groups is 1. The van der Waals surface area contributed by atoms with Gasteiger partial charge in [-0.1, -0.05) is 32.1 Å². The van der Waals surface area contributed by atoms with Gasteiger partial charge in [-0.15, -0.1) is 0 Å². The fraction of sp³-hybridized carbons (Fsp3) is 0.571. The average Bonchev–Trinajstić information content (AvgIpc) is 2.89. The number of nitrogens with zero attached hydrogens (tertiary/aromatic N) is 4. The predicted molar refractivity (Wildman–Crippen MR) is 143 cm³/mol. The Kier molecular flexibility index (Phi) is 13.0. The summed E-state index contributed by atoms with van der Waals surface area (Å²) in [6.45, 7) is 12.8. The van der Waals surface area contributed by atoms with Gasteiger partial charge >= 0.3 is 0 Å². The van der Waals surface area contributed by atoms with Crippen molar-refractivity contribution in [1.29, 1.82) is 0 Å². The number of rotatable bonds is 18. The molecule has 0 fully saturated rings. The first-order valence-electron chi connectivity index (χ1n) is 13.3. The summed E-state index contributed by atoms with van der Waals surface area (Å²) >= 11 is 0. The minimum Gasteiger partial charge on any atom is -0.494 e. The van der Waals surface area contributed by atoms with Crippen LogP contribution in [0.15, 0.2) is 58.8 Å². The molecule has 0 amide bonds. The summed E-state index contributed by atoms with van der Waals surface area (Å²) in [5, 5.41) is 19.0. The molecule has 0 aromatic heterocycles. The molecule has 0 bridgehead atoms. The smallest absolute Gasteiger partial charge is 0.269 e. The minimum absolute atomic E-state index is 0.0395. The van der Waals surface area contributed by atoms with E-state index >= 15 is 0 Å². The summed E-state index contributed by atoms with van der Waals surface area (Å²) < 4.78 is 7.12. The van der Waals surface area contributed by atoms with Gasteiger partial charge in [-0.05, 0) is 76.4 Å². The SMILES string of the molecule is CC[N+](CC)(CC)CCCCCCCCCCOc1ccc(N=Nc2ccc([N+](=O)[O-])cc2)cc1. The van der Waals surface area contributed by atoms with Gasteiger partial charge in [-0.3, -0.25) is 10.1 Å².